The summed E-state index contributed by atoms with van der Waals surface area (Å²) in [6.07, 6.45) is 0. The largest absolute Gasteiger partial charge is 0.497 e. The zero-order valence-corrected chi connectivity index (χ0v) is 15.5. The number of benzene rings is 2. The van der Waals surface area contributed by atoms with Gasteiger partial charge in [-0.05, 0) is 25.1 Å². The predicted octanol–water partition coefficient (Wildman–Crippen LogP) is 2.75. The summed E-state index contributed by atoms with van der Waals surface area (Å²) in [7, 11) is 1.52. The minimum absolute atomic E-state index is 0.358. The van der Waals surface area contributed by atoms with Crippen LogP contribution < -0.4 is 15.4 Å². The number of halogens is 1. The number of hydrogen-bond donors (Lipinski definition) is 2. The monoisotopic (exact) mass is 387 g/mol. The molecule has 0 unspecified atom stereocenters. The molecule has 1 saturated heterocycles. The Labute approximate surface area is 161 Å². The Morgan fingerprint density at radius 2 is 1.96 bits per heavy atom. The van der Waals surface area contributed by atoms with E-state index < -0.39 is 29.9 Å². The molecule has 1 atom stereocenters. The molecule has 2 aromatic carbocycles. The van der Waals surface area contributed by atoms with Gasteiger partial charge >= 0.3 is 6.03 Å². The molecule has 8 heteroatoms. The van der Waals surface area contributed by atoms with E-state index in [0.717, 1.165) is 4.90 Å². The molecule has 1 aliphatic rings. The number of ether oxygens (including phenoxy) is 1. The Kier molecular flexibility index (Phi) is 5.05. The van der Waals surface area contributed by atoms with Crippen LogP contribution in [-0.2, 0) is 15.1 Å². The molecule has 1 aliphatic heterocycles. The van der Waals surface area contributed by atoms with Crippen molar-refractivity contribution in [3.63, 3.8) is 0 Å². The average Bonchev–Trinajstić information content (AvgIpc) is 2.86. The van der Waals surface area contributed by atoms with E-state index in [1.54, 1.807) is 55.5 Å². The highest BCUT2D eigenvalue weighted by atomic mass is 35.5. The van der Waals surface area contributed by atoms with Gasteiger partial charge in [-0.15, -0.1) is 0 Å². The number of methoxy groups -OCH3 is 1. The molecule has 0 aliphatic carbocycles. The van der Waals surface area contributed by atoms with Crippen LogP contribution >= 0.6 is 11.6 Å². The third kappa shape index (κ3) is 3.59. The zero-order valence-electron chi connectivity index (χ0n) is 14.8. The summed E-state index contributed by atoms with van der Waals surface area (Å²) in [5.74, 6) is -0.467. The van der Waals surface area contributed by atoms with Gasteiger partial charge in [-0.1, -0.05) is 35.9 Å². The first-order chi connectivity index (χ1) is 12.8. The van der Waals surface area contributed by atoms with Gasteiger partial charge in [0.15, 0.2) is 0 Å². The van der Waals surface area contributed by atoms with Crippen molar-refractivity contribution < 1.29 is 19.1 Å². The van der Waals surface area contributed by atoms with Gasteiger partial charge in [0, 0.05) is 22.3 Å². The molecule has 1 heterocycles. The molecule has 2 aromatic rings. The van der Waals surface area contributed by atoms with Gasteiger partial charge in [0.05, 0.1) is 7.11 Å². The van der Waals surface area contributed by atoms with E-state index in [0.29, 0.717) is 22.0 Å². The number of rotatable bonds is 5. The molecule has 1 fully saturated rings. The summed E-state index contributed by atoms with van der Waals surface area (Å²) in [5, 5.41) is 5.63. The van der Waals surface area contributed by atoms with Crippen molar-refractivity contribution in [2.75, 3.05) is 19.0 Å². The van der Waals surface area contributed by atoms with Crippen molar-refractivity contribution in [2.45, 2.75) is 12.5 Å². The van der Waals surface area contributed by atoms with Crippen LogP contribution in [0.25, 0.3) is 0 Å². The van der Waals surface area contributed by atoms with E-state index in [-0.39, 0.29) is 0 Å². The van der Waals surface area contributed by atoms with E-state index in [1.165, 1.54) is 7.11 Å². The van der Waals surface area contributed by atoms with Crippen LogP contribution in [0.3, 0.4) is 0 Å². The molecular formula is C19H18ClN3O4. The molecule has 0 saturated carbocycles. The molecule has 3 rings (SSSR count). The van der Waals surface area contributed by atoms with Crippen molar-refractivity contribution in [3.8, 4) is 5.75 Å². The van der Waals surface area contributed by atoms with E-state index in [4.69, 9.17) is 16.3 Å². The number of carbonyl (C=O) groups excluding carboxylic acids is 3. The van der Waals surface area contributed by atoms with E-state index in [2.05, 4.69) is 10.6 Å². The minimum Gasteiger partial charge on any atom is -0.497 e. The normalized spacial score (nSPS) is 19.0. The van der Waals surface area contributed by atoms with E-state index >= 15 is 0 Å². The average molecular weight is 388 g/mol. The molecule has 2 N–H and O–H groups in total. The quantitative estimate of drug-likeness (QED) is 0.772. The fraction of sp³-hybridized carbons (Fsp3) is 0.211. The smallest absolute Gasteiger partial charge is 0.325 e. The molecule has 140 valence electrons. The number of nitrogens with zero attached hydrogens (tertiary/aromatic N) is 1. The Hall–Kier alpha value is -3.06. The fourth-order valence-electron chi connectivity index (χ4n) is 2.93. The van der Waals surface area contributed by atoms with Gasteiger partial charge in [0.2, 0.25) is 5.91 Å². The number of anilines is 1. The van der Waals surface area contributed by atoms with Crippen LogP contribution in [0.5, 0.6) is 5.75 Å². The zero-order chi connectivity index (χ0) is 19.6. The van der Waals surface area contributed by atoms with Gasteiger partial charge in [0.25, 0.3) is 5.91 Å². The van der Waals surface area contributed by atoms with Crippen molar-refractivity contribution in [2.24, 2.45) is 0 Å². The van der Waals surface area contributed by atoms with Crippen molar-refractivity contribution in [1.29, 1.82) is 0 Å². The number of urea groups is 1. The minimum atomic E-state index is -1.33. The summed E-state index contributed by atoms with van der Waals surface area (Å²) in [4.78, 5) is 38.4. The molecule has 7 nitrogen and oxygen atoms in total. The van der Waals surface area contributed by atoms with Crippen LogP contribution in [-0.4, -0.2) is 36.4 Å². The standard InChI is InChI=1S/C19H18ClN3O4/c1-19(14-8-3-4-9-15(14)20)17(25)23(18(26)22-19)11-16(24)21-12-6-5-7-13(10-12)27-2/h3-10H,11H2,1-2H3,(H,21,24)(H,22,26)/t19-/m1/s1. The molecular weight excluding hydrogens is 370 g/mol. The number of carbonyl (C=O) groups is 3. The van der Waals surface area contributed by atoms with Crippen LogP contribution in [0.1, 0.15) is 12.5 Å². The second-order valence-electron chi connectivity index (χ2n) is 6.21. The fourth-order valence-corrected chi connectivity index (χ4v) is 3.26. The van der Waals surface area contributed by atoms with Crippen LogP contribution in [0, 0.1) is 0 Å². The molecule has 0 aromatic heterocycles. The lowest BCUT2D eigenvalue weighted by molar-refractivity contribution is -0.133. The summed E-state index contributed by atoms with van der Waals surface area (Å²) >= 11 is 6.18. The lowest BCUT2D eigenvalue weighted by Gasteiger charge is -2.23. The maximum absolute atomic E-state index is 12.9. The van der Waals surface area contributed by atoms with Crippen LogP contribution in [0.2, 0.25) is 5.02 Å². The second-order valence-corrected chi connectivity index (χ2v) is 6.61. The number of imide groups is 1. The van der Waals surface area contributed by atoms with Crippen molar-refractivity contribution in [3.05, 3.63) is 59.1 Å². The van der Waals surface area contributed by atoms with Gasteiger partial charge in [0.1, 0.15) is 17.8 Å². The lowest BCUT2D eigenvalue weighted by atomic mass is 9.92. The summed E-state index contributed by atoms with van der Waals surface area (Å²) in [5.41, 5.74) is -0.355. The summed E-state index contributed by atoms with van der Waals surface area (Å²) in [6.45, 7) is 1.15. The maximum atomic E-state index is 12.9. The van der Waals surface area contributed by atoms with Crippen LogP contribution in [0.4, 0.5) is 10.5 Å². The second kappa shape index (κ2) is 7.28. The topological polar surface area (TPSA) is 87.7 Å². The highest BCUT2D eigenvalue weighted by Crippen LogP contribution is 2.33. The Balaban J connectivity index is 1.75. The highest BCUT2D eigenvalue weighted by molar-refractivity contribution is 6.32. The predicted molar refractivity (Wildman–Crippen MR) is 101 cm³/mol. The number of hydrogen-bond acceptors (Lipinski definition) is 4. The molecule has 0 spiro atoms. The third-order valence-electron chi connectivity index (χ3n) is 4.34. The maximum Gasteiger partial charge on any atom is 0.325 e. The lowest BCUT2D eigenvalue weighted by Crippen LogP contribution is -2.42. The number of nitrogens with one attached hydrogen (secondary N) is 2. The molecule has 0 radical (unpaired) electrons. The van der Waals surface area contributed by atoms with Gasteiger partial charge in [-0.3, -0.25) is 14.5 Å². The first kappa shape index (κ1) is 18.7. The first-order valence-electron chi connectivity index (χ1n) is 8.18. The van der Waals surface area contributed by atoms with E-state index in [9.17, 15) is 14.4 Å². The number of amides is 4. The van der Waals surface area contributed by atoms with Crippen molar-refractivity contribution >= 4 is 35.1 Å². The van der Waals surface area contributed by atoms with Crippen LogP contribution in [0.15, 0.2) is 48.5 Å². The van der Waals surface area contributed by atoms with Gasteiger partial charge < -0.3 is 15.4 Å². The molecule has 4 amide bonds. The summed E-state index contributed by atoms with van der Waals surface area (Å²) < 4.78 is 5.10. The summed E-state index contributed by atoms with van der Waals surface area (Å²) in [6, 6.07) is 12.9. The molecule has 0 bridgehead atoms. The Morgan fingerprint density at radius 1 is 1.22 bits per heavy atom. The Bertz CT molecular complexity index is 917. The highest BCUT2D eigenvalue weighted by Gasteiger charge is 2.50. The van der Waals surface area contributed by atoms with Crippen molar-refractivity contribution in [1.82, 2.24) is 10.2 Å². The molecule has 27 heavy (non-hydrogen) atoms. The van der Waals surface area contributed by atoms with Gasteiger partial charge in [-0.2, -0.15) is 0 Å². The van der Waals surface area contributed by atoms with Gasteiger partial charge in [-0.25, -0.2) is 4.79 Å². The SMILES string of the molecule is COc1cccc(NC(=O)CN2C(=O)N[C@](C)(c3ccccc3Cl)C2=O)c1. The Morgan fingerprint density at radius 3 is 2.67 bits per heavy atom. The third-order valence-corrected chi connectivity index (χ3v) is 4.67. The van der Waals surface area contributed by atoms with E-state index in [1.807, 2.05) is 0 Å². The first-order valence-corrected chi connectivity index (χ1v) is 8.56.